The van der Waals surface area contributed by atoms with E-state index in [1.807, 2.05) is 37.1 Å². The van der Waals surface area contributed by atoms with E-state index >= 15 is 0 Å². The third kappa shape index (κ3) is 4.35. The molecule has 0 aliphatic rings. The summed E-state index contributed by atoms with van der Waals surface area (Å²) in [5.74, 6) is 1.52. The normalized spacial score (nSPS) is 13.0. The number of nitrogens with one attached hydrogen (secondary N) is 1. The SMILES string of the molecule is CCc1oc2ccccc2c1CN(C)CC(=O)NC(C)C(C)C. The second-order valence-electron chi connectivity index (χ2n) is 6.63. The quantitative estimate of drug-likeness (QED) is 0.849. The van der Waals surface area contributed by atoms with Crippen LogP contribution in [0, 0.1) is 5.92 Å². The molecule has 0 saturated heterocycles. The topological polar surface area (TPSA) is 45.5 Å². The van der Waals surface area contributed by atoms with E-state index in [1.54, 1.807) is 0 Å². The van der Waals surface area contributed by atoms with Gasteiger partial charge < -0.3 is 9.73 Å². The molecule has 4 heteroatoms. The molecule has 1 amide bonds. The Morgan fingerprint density at radius 2 is 1.96 bits per heavy atom. The molecule has 1 aromatic carbocycles. The van der Waals surface area contributed by atoms with Crippen LogP contribution in [0.3, 0.4) is 0 Å². The summed E-state index contributed by atoms with van der Waals surface area (Å²) >= 11 is 0. The minimum atomic E-state index is 0.0690. The summed E-state index contributed by atoms with van der Waals surface area (Å²) in [5, 5.41) is 4.20. The van der Waals surface area contributed by atoms with Crippen LogP contribution in [-0.2, 0) is 17.8 Å². The minimum absolute atomic E-state index is 0.0690. The number of rotatable bonds is 7. The van der Waals surface area contributed by atoms with Gasteiger partial charge in [-0.05, 0) is 26.0 Å². The summed E-state index contributed by atoms with van der Waals surface area (Å²) in [6.07, 6.45) is 0.856. The molecule has 1 heterocycles. The van der Waals surface area contributed by atoms with Crippen LogP contribution in [0.4, 0.5) is 0 Å². The molecule has 0 bridgehead atoms. The second kappa shape index (κ2) is 7.64. The van der Waals surface area contributed by atoms with Crippen molar-refractivity contribution in [2.45, 2.75) is 46.7 Å². The maximum atomic E-state index is 12.1. The Bertz CT molecular complexity index is 660. The van der Waals surface area contributed by atoms with Crippen molar-refractivity contribution in [3.8, 4) is 0 Å². The minimum Gasteiger partial charge on any atom is -0.461 e. The van der Waals surface area contributed by atoms with Gasteiger partial charge in [-0.1, -0.05) is 39.0 Å². The summed E-state index contributed by atoms with van der Waals surface area (Å²) in [7, 11) is 1.97. The zero-order valence-corrected chi connectivity index (χ0v) is 14.8. The van der Waals surface area contributed by atoms with Crippen LogP contribution in [0.25, 0.3) is 11.0 Å². The maximum Gasteiger partial charge on any atom is 0.234 e. The maximum absolute atomic E-state index is 12.1. The van der Waals surface area contributed by atoms with Crippen molar-refractivity contribution in [3.63, 3.8) is 0 Å². The van der Waals surface area contributed by atoms with Gasteiger partial charge >= 0.3 is 0 Å². The van der Waals surface area contributed by atoms with Gasteiger partial charge in [0.1, 0.15) is 11.3 Å². The number of nitrogens with zero attached hydrogens (tertiary/aromatic N) is 1. The molecule has 1 aromatic heterocycles. The molecule has 23 heavy (non-hydrogen) atoms. The zero-order valence-electron chi connectivity index (χ0n) is 14.8. The van der Waals surface area contributed by atoms with E-state index in [0.717, 1.165) is 23.2 Å². The Balaban J connectivity index is 2.05. The molecule has 126 valence electrons. The van der Waals surface area contributed by atoms with Crippen LogP contribution in [0.5, 0.6) is 0 Å². The number of likely N-dealkylation sites (N-methyl/N-ethyl adjacent to an activating group) is 1. The van der Waals surface area contributed by atoms with E-state index in [9.17, 15) is 4.79 Å². The number of carbonyl (C=O) groups excluding carboxylic acids is 1. The largest absolute Gasteiger partial charge is 0.461 e. The lowest BCUT2D eigenvalue weighted by Gasteiger charge is -2.21. The van der Waals surface area contributed by atoms with E-state index in [-0.39, 0.29) is 11.9 Å². The fourth-order valence-corrected chi connectivity index (χ4v) is 2.65. The third-order valence-corrected chi connectivity index (χ3v) is 4.33. The lowest BCUT2D eigenvalue weighted by Crippen LogP contribution is -2.41. The number of para-hydroxylation sites is 1. The number of fused-ring (bicyclic) bond motifs is 1. The molecule has 0 fully saturated rings. The van der Waals surface area contributed by atoms with Gasteiger partial charge in [0.2, 0.25) is 5.91 Å². The van der Waals surface area contributed by atoms with Crippen molar-refractivity contribution in [1.29, 1.82) is 0 Å². The zero-order chi connectivity index (χ0) is 17.0. The standard InChI is InChI=1S/C19H28N2O2/c1-6-17-16(15-9-7-8-10-18(15)23-17)11-21(5)12-19(22)20-14(4)13(2)3/h7-10,13-14H,6,11-12H2,1-5H3,(H,20,22). The highest BCUT2D eigenvalue weighted by molar-refractivity contribution is 5.82. The molecule has 2 rings (SSSR count). The van der Waals surface area contributed by atoms with Gasteiger partial charge in [-0.3, -0.25) is 9.69 Å². The van der Waals surface area contributed by atoms with Crippen molar-refractivity contribution in [2.24, 2.45) is 5.92 Å². The number of amides is 1. The van der Waals surface area contributed by atoms with Gasteiger partial charge in [0.05, 0.1) is 6.54 Å². The summed E-state index contributed by atoms with van der Waals surface area (Å²) in [5.41, 5.74) is 2.11. The molecular formula is C19H28N2O2. The summed E-state index contributed by atoms with van der Waals surface area (Å²) in [6.45, 7) is 9.46. The van der Waals surface area contributed by atoms with Crippen molar-refractivity contribution in [3.05, 3.63) is 35.6 Å². The van der Waals surface area contributed by atoms with E-state index in [2.05, 4.69) is 32.2 Å². The first-order valence-corrected chi connectivity index (χ1v) is 8.39. The lowest BCUT2D eigenvalue weighted by molar-refractivity contribution is -0.122. The number of benzene rings is 1. The first-order valence-electron chi connectivity index (χ1n) is 8.39. The van der Waals surface area contributed by atoms with Crippen LogP contribution >= 0.6 is 0 Å². The fraction of sp³-hybridized carbons (Fsp3) is 0.526. The lowest BCUT2D eigenvalue weighted by atomic mass is 10.1. The monoisotopic (exact) mass is 316 g/mol. The smallest absolute Gasteiger partial charge is 0.234 e. The van der Waals surface area contributed by atoms with Crippen LogP contribution in [0.1, 0.15) is 39.0 Å². The van der Waals surface area contributed by atoms with Gasteiger partial charge in [0.25, 0.3) is 0 Å². The van der Waals surface area contributed by atoms with Crippen LogP contribution < -0.4 is 5.32 Å². The van der Waals surface area contributed by atoms with Crippen molar-refractivity contribution in [2.75, 3.05) is 13.6 Å². The summed E-state index contributed by atoms with van der Waals surface area (Å²) in [6, 6.07) is 8.28. The summed E-state index contributed by atoms with van der Waals surface area (Å²) < 4.78 is 5.92. The van der Waals surface area contributed by atoms with Gasteiger partial charge in [-0.15, -0.1) is 0 Å². The van der Waals surface area contributed by atoms with Gasteiger partial charge in [0.15, 0.2) is 0 Å². The second-order valence-corrected chi connectivity index (χ2v) is 6.63. The van der Waals surface area contributed by atoms with Crippen molar-refractivity contribution >= 4 is 16.9 Å². The van der Waals surface area contributed by atoms with E-state index in [0.29, 0.717) is 19.0 Å². The predicted molar refractivity (Wildman–Crippen MR) is 94.4 cm³/mol. The number of furan rings is 1. The predicted octanol–water partition coefficient (Wildman–Crippen LogP) is 3.59. The van der Waals surface area contributed by atoms with Crippen molar-refractivity contribution < 1.29 is 9.21 Å². The molecule has 0 spiro atoms. The van der Waals surface area contributed by atoms with Gasteiger partial charge in [-0.25, -0.2) is 0 Å². The van der Waals surface area contributed by atoms with E-state index < -0.39 is 0 Å². The van der Waals surface area contributed by atoms with E-state index in [4.69, 9.17) is 4.42 Å². The average Bonchev–Trinajstić information content (AvgIpc) is 2.84. The number of aryl methyl sites for hydroxylation is 1. The molecule has 0 aliphatic carbocycles. The fourth-order valence-electron chi connectivity index (χ4n) is 2.65. The average molecular weight is 316 g/mol. The highest BCUT2D eigenvalue weighted by Gasteiger charge is 2.17. The molecule has 1 unspecified atom stereocenters. The molecular weight excluding hydrogens is 288 g/mol. The molecule has 0 radical (unpaired) electrons. The Morgan fingerprint density at radius 1 is 1.26 bits per heavy atom. The van der Waals surface area contributed by atoms with Crippen molar-refractivity contribution in [1.82, 2.24) is 10.2 Å². The molecule has 2 aromatic rings. The van der Waals surface area contributed by atoms with Crippen LogP contribution in [0.15, 0.2) is 28.7 Å². The summed E-state index contributed by atoms with van der Waals surface area (Å²) in [4.78, 5) is 14.2. The molecule has 1 atom stereocenters. The third-order valence-electron chi connectivity index (χ3n) is 4.33. The highest BCUT2D eigenvalue weighted by atomic mass is 16.3. The van der Waals surface area contributed by atoms with E-state index in [1.165, 1.54) is 5.56 Å². The highest BCUT2D eigenvalue weighted by Crippen LogP contribution is 2.27. The molecule has 0 aliphatic heterocycles. The Hall–Kier alpha value is -1.81. The Morgan fingerprint density at radius 3 is 2.61 bits per heavy atom. The Kier molecular flexibility index (Phi) is 5.83. The van der Waals surface area contributed by atoms with Gasteiger partial charge in [0, 0.05) is 30.0 Å². The van der Waals surface area contributed by atoms with Gasteiger partial charge in [-0.2, -0.15) is 0 Å². The number of hydrogen-bond donors (Lipinski definition) is 1. The molecule has 4 nitrogen and oxygen atoms in total. The molecule has 1 N–H and O–H groups in total. The Labute approximate surface area is 138 Å². The number of carbonyl (C=O) groups is 1. The number of hydrogen-bond acceptors (Lipinski definition) is 3. The first kappa shape index (κ1) is 17.5. The molecule has 0 saturated carbocycles. The van der Waals surface area contributed by atoms with Crippen LogP contribution in [-0.4, -0.2) is 30.4 Å². The first-order chi connectivity index (χ1) is 10.9. The van der Waals surface area contributed by atoms with Crippen LogP contribution in [0.2, 0.25) is 0 Å².